The summed E-state index contributed by atoms with van der Waals surface area (Å²) in [6, 6.07) is 5.86. The number of thiazole rings is 1. The predicted molar refractivity (Wildman–Crippen MR) is 81.5 cm³/mol. The number of hydrogen-bond donors (Lipinski definition) is 1. The van der Waals surface area contributed by atoms with Crippen molar-refractivity contribution in [2.24, 2.45) is 4.99 Å². The van der Waals surface area contributed by atoms with Crippen molar-refractivity contribution in [1.29, 1.82) is 0 Å². The average Bonchev–Trinajstić information content (AvgIpc) is 2.83. The van der Waals surface area contributed by atoms with E-state index in [1.807, 2.05) is 0 Å². The maximum absolute atomic E-state index is 12.1. The van der Waals surface area contributed by atoms with Gasteiger partial charge in [-0.2, -0.15) is 18.2 Å². The SMILES string of the molecule is CCOC(=O)Cn1c(=NC(=O)NCC(F)(F)F)sc2ccccc21. The number of esters is 1. The molecule has 0 aliphatic carbocycles. The van der Waals surface area contributed by atoms with Crippen LogP contribution in [0.25, 0.3) is 10.2 Å². The van der Waals surface area contributed by atoms with Gasteiger partial charge in [0.1, 0.15) is 13.1 Å². The van der Waals surface area contributed by atoms with Crippen LogP contribution in [0.4, 0.5) is 18.0 Å². The largest absolute Gasteiger partial charge is 0.465 e. The smallest absolute Gasteiger partial charge is 0.405 e. The van der Waals surface area contributed by atoms with Gasteiger partial charge in [-0.15, -0.1) is 0 Å². The molecule has 1 aromatic carbocycles. The van der Waals surface area contributed by atoms with Gasteiger partial charge in [0.15, 0.2) is 4.80 Å². The van der Waals surface area contributed by atoms with E-state index in [9.17, 15) is 22.8 Å². The lowest BCUT2D eigenvalue weighted by molar-refractivity contribution is -0.143. The minimum absolute atomic E-state index is 0.115. The molecule has 0 saturated heterocycles. The number of nitrogens with zero attached hydrogens (tertiary/aromatic N) is 2. The van der Waals surface area contributed by atoms with Crippen LogP contribution < -0.4 is 10.1 Å². The van der Waals surface area contributed by atoms with Crippen LogP contribution >= 0.6 is 11.3 Å². The maximum atomic E-state index is 12.1. The predicted octanol–water partition coefficient (Wildman–Crippen LogP) is 2.44. The molecule has 0 aliphatic rings. The summed E-state index contributed by atoms with van der Waals surface area (Å²) in [4.78, 5) is 27.1. The van der Waals surface area contributed by atoms with Gasteiger partial charge in [-0.1, -0.05) is 23.5 Å². The number of aromatic nitrogens is 1. The number of halogens is 3. The first kappa shape index (κ1) is 18.0. The summed E-state index contributed by atoms with van der Waals surface area (Å²) in [5.74, 6) is -0.529. The third-order valence-electron chi connectivity index (χ3n) is 2.82. The maximum Gasteiger partial charge on any atom is 0.405 e. The van der Waals surface area contributed by atoms with Crippen molar-refractivity contribution < 1.29 is 27.5 Å². The van der Waals surface area contributed by atoms with Crippen molar-refractivity contribution in [3.05, 3.63) is 29.1 Å². The summed E-state index contributed by atoms with van der Waals surface area (Å²) < 4.78 is 43.5. The molecule has 1 N–H and O–H groups in total. The minimum atomic E-state index is -4.52. The van der Waals surface area contributed by atoms with Gasteiger partial charge >= 0.3 is 18.2 Å². The first-order valence-electron chi connectivity index (χ1n) is 6.93. The Bertz CT molecular complexity index is 811. The molecular formula is C14H14F3N3O3S. The lowest BCUT2D eigenvalue weighted by Crippen LogP contribution is -2.33. The lowest BCUT2D eigenvalue weighted by Gasteiger charge is -2.06. The van der Waals surface area contributed by atoms with Gasteiger partial charge in [0.25, 0.3) is 0 Å². The molecule has 0 unspecified atom stereocenters. The number of para-hydroxylation sites is 1. The number of fused-ring (bicyclic) bond motifs is 1. The van der Waals surface area contributed by atoms with Gasteiger partial charge in [-0.25, -0.2) is 4.79 Å². The molecule has 1 aromatic heterocycles. The number of benzene rings is 1. The summed E-state index contributed by atoms with van der Waals surface area (Å²) in [5.41, 5.74) is 0.637. The van der Waals surface area contributed by atoms with Crippen molar-refractivity contribution in [1.82, 2.24) is 9.88 Å². The second-order valence-electron chi connectivity index (χ2n) is 4.63. The zero-order chi connectivity index (χ0) is 17.7. The quantitative estimate of drug-likeness (QED) is 0.850. The Kier molecular flexibility index (Phi) is 5.60. The second-order valence-corrected chi connectivity index (χ2v) is 5.64. The number of urea groups is 1. The number of alkyl halides is 3. The number of ether oxygens (including phenoxy) is 1. The fourth-order valence-corrected chi connectivity index (χ4v) is 2.92. The van der Waals surface area contributed by atoms with E-state index in [0.29, 0.717) is 5.52 Å². The van der Waals surface area contributed by atoms with E-state index in [-0.39, 0.29) is 18.0 Å². The van der Waals surface area contributed by atoms with E-state index in [4.69, 9.17) is 4.74 Å². The highest BCUT2D eigenvalue weighted by Gasteiger charge is 2.27. The first-order chi connectivity index (χ1) is 11.3. The molecule has 1 heterocycles. The molecule has 2 amide bonds. The summed E-state index contributed by atoms with van der Waals surface area (Å²) >= 11 is 1.09. The molecule has 130 valence electrons. The van der Waals surface area contributed by atoms with Gasteiger partial charge in [0.05, 0.1) is 16.8 Å². The van der Waals surface area contributed by atoms with E-state index in [1.165, 1.54) is 4.57 Å². The Balaban J connectivity index is 2.35. The van der Waals surface area contributed by atoms with Crippen LogP contribution in [-0.4, -0.2) is 35.9 Å². The highest BCUT2D eigenvalue weighted by atomic mass is 32.1. The first-order valence-corrected chi connectivity index (χ1v) is 7.75. The van der Waals surface area contributed by atoms with Crippen LogP contribution in [0, 0.1) is 0 Å². The number of nitrogens with one attached hydrogen (secondary N) is 1. The molecule has 10 heteroatoms. The summed E-state index contributed by atoms with van der Waals surface area (Å²) in [6.45, 7) is 0.186. The standard InChI is InChI=1S/C14H14F3N3O3S/c1-2-23-11(21)7-20-9-5-3-4-6-10(9)24-13(20)19-12(22)18-8-14(15,16)17/h3-6H,2,7-8H2,1H3,(H,18,22). The number of carbonyl (C=O) groups is 2. The second kappa shape index (κ2) is 7.47. The van der Waals surface area contributed by atoms with Gasteiger partial charge in [-0.3, -0.25) is 4.79 Å². The Hall–Kier alpha value is -2.36. The molecule has 2 rings (SSSR count). The van der Waals surface area contributed by atoms with E-state index in [0.717, 1.165) is 16.0 Å². The van der Waals surface area contributed by atoms with Crippen LogP contribution in [0.3, 0.4) is 0 Å². The van der Waals surface area contributed by atoms with Gasteiger partial charge in [0.2, 0.25) is 0 Å². The Morgan fingerprint density at radius 2 is 2.04 bits per heavy atom. The van der Waals surface area contributed by atoms with Crippen molar-refractivity contribution in [2.75, 3.05) is 13.2 Å². The molecule has 0 atom stereocenters. The zero-order valence-corrected chi connectivity index (χ0v) is 13.4. The Labute approximate surface area is 138 Å². The summed E-state index contributed by atoms with van der Waals surface area (Å²) in [7, 11) is 0. The molecule has 0 saturated carbocycles. The van der Waals surface area contributed by atoms with Crippen LogP contribution in [0.15, 0.2) is 29.3 Å². The lowest BCUT2D eigenvalue weighted by atomic mass is 10.3. The fraction of sp³-hybridized carbons (Fsp3) is 0.357. The molecule has 0 radical (unpaired) electrons. The molecular weight excluding hydrogens is 347 g/mol. The third-order valence-corrected chi connectivity index (χ3v) is 3.88. The highest BCUT2D eigenvalue weighted by molar-refractivity contribution is 7.16. The summed E-state index contributed by atoms with van der Waals surface area (Å²) in [5, 5.41) is 1.67. The topological polar surface area (TPSA) is 72.7 Å². The molecule has 6 nitrogen and oxygen atoms in total. The van der Waals surface area contributed by atoms with Crippen LogP contribution in [0.1, 0.15) is 6.92 Å². The van der Waals surface area contributed by atoms with E-state index in [2.05, 4.69) is 4.99 Å². The normalized spacial score (nSPS) is 12.4. The highest BCUT2D eigenvalue weighted by Crippen LogP contribution is 2.17. The number of carbonyl (C=O) groups excluding carboxylic acids is 2. The van der Waals surface area contributed by atoms with E-state index >= 15 is 0 Å². The van der Waals surface area contributed by atoms with Crippen LogP contribution in [0.2, 0.25) is 0 Å². The molecule has 0 fully saturated rings. The molecule has 24 heavy (non-hydrogen) atoms. The Morgan fingerprint density at radius 1 is 1.33 bits per heavy atom. The Morgan fingerprint density at radius 3 is 2.71 bits per heavy atom. The van der Waals surface area contributed by atoms with E-state index < -0.39 is 24.7 Å². The fourth-order valence-electron chi connectivity index (χ4n) is 1.90. The number of amides is 2. The van der Waals surface area contributed by atoms with Gasteiger partial charge in [-0.05, 0) is 19.1 Å². The number of rotatable bonds is 4. The van der Waals surface area contributed by atoms with E-state index in [1.54, 1.807) is 36.5 Å². The van der Waals surface area contributed by atoms with Crippen molar-refractivity contribution >= 4 is 33.6 Å². The third kappa shape index (κ3) is 4.82. The van der Waals surface area contributed by atoms with Gasteiger partial charge < -0.3 is 14.6 Å². The average molecular weight is 361 g/mol. The molecule has 0 spiro atoms. The summed E-state index contributed by atoms with van der Waals surface area (Å²) in [6.07, 6.45) is -4.52. The van der Waals surface area contributed by atoms with Crippen molar-refractivity contribution in [3.8, 4) is 0 Å². The van der Waals surface area contributed by atoms with Crippen molar-refractivity contribution in [2.45, 2.75) is 19.6 Å². The monoisotopic (exact) mass is 361 g/mol. The molecule has 0 bridgehead atoms. The zero-order valence-electron chi connectivity index (χ0n) is 12.6. The minimum Gasteiger partial charge on any atom is -0.465 e. The van der Waals surface area contributed by atoms with Gasteiger partial charge in [0, 0.05) is 0 Å². The molecule has 0 aliphatic heterocycles. The molecule has 2 aromatic rings. The van der Waals surface area contributed by atoms with Crippen molar-refractivity contribution in [3.63, 3.8) is 0 Å². The van der Waals surface area contributed by atoms with Crippen LogP contribution in [0.5, 0.6) is 0 Å². The number of hydrogen-bond acceptors (Lipinski definition) is 4. The van der Waals surface area contributed by atoms with Crippen LogP contribution in [-0.2, 0) is 16.1 Å².